The third-order valence-electron chi connectivity index (χ3n) is 3.10. The summed E-state index contributed by atoms with van der Waals surface area (Å²) in [5.41, 5.74) is 0.375. The molecule has 0 heterocycles. The SMILES string of the molecule is CCC(=O)c1cccc(S(=O)(=O)NC(CO)C(C)C)c1. The average molecular weight is 299 g/mol. The highest BCUT2D eigenvalue weighted by Crippen LogP contribution is 2.14. The van der Waals surface area contributed by atoms with Crippen LogP contribution in [-0.4, -0.2) is 32.0 Å². The standard InChI is InChI=1S/C14H21NO4S/c1-4-14(17)11-6-5-7-12(8-11)20(18,19)15-13(9-16)10(2)3/h5-8,10,13,15-16H,4,9H2,1-3H3. The minimum absolute atomic E-state index is 0.0322. The van der Waals surface area contributed by atoms with E-state index in [1.807, 2.05) is 13.8 Å². The highest BCUT2D eigenvalue weighted by Gasteiger charge is 2.22. The molecule has 1 aromatic rings. The summed E-state index contributed by atoms with van der Waals surface area (Å²) in [5, 5.41) is 9.21. The summed E-state index contributed by atoms with van der Waals surface area (Å²) in [5.74, 6) is -0.139. The van der Waals surface area contributed by atoms with E-state index in [0.29, 0.717) is 12.0 Å². The highest BCUT2D eigenvalue weighted by molar-refractivity contribution is 7.89. The Balaban J connectivity index is 3.07. The van der Waals surface area contributed by atoms with Crippen molar-refractivity contribution >= 4 is 15.8 Å². The minimum Gasteiger partial charge on any atom is -0.395 e. The Kier molecular flexibility index (Phi) is 5.86. The van der Waals surface area contributed by atoms with Crippen LogP contribution in [0.1, 0.15) is 37.6 Å². The number of Topliss-reactive ketones (excluding diaryl/α,β-unsaturated/α-hetero) is 1. The van der Waals surface area contributed by atoms with Gasteiger partial charge in [-0.1, -0.05) is 32.9 Å². The van der Waals surface area contributed by atoms with Crippen molar-refractivity contribution in [3.8, 4) is 0 Å². The molecular weight excluding hydrogens is 278 g/mol. The van der Waals surface area contributed by atoms with Crippen molar-refractivity contribution < 1.29 is 18.3 Å². The van der Waals surface area contributed by atoms with Crippen molar-refractivity contribution in [1.29, 1.82) is 0 Å². The summed E-state index contributed by atoms with van der Waals surface area (Å²) in [6.07, 6.45) is 0.322. The fourth-order valence-corrected chi connectivity index (χ4v) is 3.11. The van der Waals surface area contributed by atoms with Gasteiger partial charge in [-0.25, -0.2) is 13.1 Å². The lowest BCUT2D eigenvalue weighted by Crippen LogP contribution is -2.41. The molecule has 0 spiro atoms. The Bertz CT molecular complexity index is 566. The topological polar surface area (TPSA) is 83.5 Å². The average Bonchev–Trinajstić information content (AvgIpc) is 2.43. The molecule has 0 radical (unpaired) electrons. The molecule has 0 saturated heterocycles. The number of aliphatic hydroxyl groups excluding tert-OH is 1. The lowest BCUT2D eigenvalue weighted by Gasteiger charge is -2.20. The second-order valence-corrected chi connectivity index (χ2v) is 6.67. The van der Waals surface area contributed by atoms with E-state index in [4.69, 9.17) is 0 Å². The molecule has 0 amide bonds. The van der Waals surface area contributed by atoms with Crippen LogP contribution in [-0.2, 0) is 10.0 Å². The first-order valence-electron chi connectivity index (χ1n) is 6.58. The number of carbonyl (C=O) groups is 1. The molecule has 2 N–H and O–H groups in total. The molecule has 0 aromatic heterocycles. The Labute approximate surface area is 120 Å². The molecule has 0 fully saturated rings. The quantitative estimate of drug-likeness (QED) is 0.749. The fraction of sp³-hybridized carbons (Fsp3) is 0.500. The van der Waals surface area contributed by atoms with Gasteiger partial charge in [0, 0.05) is 18.0 Å². The monoisotopic (exact) mass is 299 g/mol. The maximum atomic E-state index is 12.2. The second-order valence-electron chi connectivity index (χ2n) is 4.96. The number of nitrogens with one attached hydrogen (secondary N) is 1. The Morgan fingerprint density at radius 1 is 1.35 bits per heavy atom. The van der Waals surface area contributed by atoms with Gasteiger partial charge in [-0.15, -0.1) is 0 Å². The van der Waals surface area contributed by atoms with Crippen LogP contribution in [0.25, 0.3) is 0 Å². The number of rotatable bonds is 7. The number of aliphatic hydroxyl groups is 1. The number of benzene rings is 1. The summed E-state index contributed by atoms with van der Waals surface area (Å²) < 4.78 is 26.9. The zero-order valence-electron chi connectivity index (χ0n) is 12.0. The van der Waals surface area contributed by atoms with Crippen LogP contribution >= 0.6 is 0 Å². The summed E-state index contributed by atoms with van der Waals surface area (Å²) in [7, 11) is -3.74. The van der Waals surface area contributed by atoms with Gasteiger partial charge in [-0.3, -0.25) is 4.79 Å². The molecule has 1 rings (SSSR count). The molecule has 112 valence electrons. The highest BCUT2D eigenvalue weighted by atomic mass is 32.2. The normalized spacial score (nSPS) is 13.4. The summed E-state index contributed by atoms with van der Waals surface area (Å²) in [6, 6.07) is 5.38. The number of hydrogen-bond acceptors (Lipinski definition) is 4. The molecule has 20 heavy (non-hydrogen) atoms. The van der Waals surface area contributed by atoms with Gasteiger partial charge < -0.3 is 5.11 Å². The van der Waals surface area contributed by atoms with E-state index >= 15 is 0 Å². The molecule has 0 aliphatic rings. The maximum absolute atomic E-state index is 12.2. The van der Waals surface area contributed by atoms with E-state index in [2.05, 4.69) is 4.72 Å². The van der Waals surface area contributed by atoms with Gasteiger partial charge in [0.1, 0.15) is 0 Å². The van der Waals surface area contributed by atoms with Crippen molar-refractivity contribution in [1.82, 2.24) is 4.72 Å². The summed E-state index contributed by atoms with van der Waals surface area (Å²) in [6.45, 7) is 5.09. The van der Waals surface area contributed by atoms with Gasteiger partial charge in [-0.2, -0.15) is 0 Å². The van der Waals surface area contributed by atoms with Crippen LogP contribution in [0, 0.1) is 5.92 Å². The number of sulfonamides is 1. The maximum Gasteiger partial charge on any atom is 0.240 e. The zero-order valence-corrected chi connectivity index (χ0v) is 12.8. The zero-order chi connectivity index (χ0) is 15.3. The second kappa shape index (κ2) is 6.97. The molecule has 6 heteroatoms. The lowest BCUT2D eigenvalue weighted by atomic mass is 10.1. The molecule has 5 nitrogen and oxygen atoms in total. The predicted molar refractivity (Wildman–Crippen MR) is 77.1 cm³/mol. The fourth-order valence-electron chi connectivity index (χ4n) is 1.69. The smallest absolute Gasteiger partial charge is 0.240 e. The first kappa shape index (κ1) is 16.8. The molecule has 1 unspecified atom stereocenters. The molecule has 0 bridgehead atoms. The van der Waals surface area contributed by atoms with Gasteiger partial charge in [-0.05, 0) is 18.1 Å². The van der Waals surface area contributed by atoms with E-state index in [-0.39, 0.29) is 23.2 Å². The van der Waals surface area contributed by atoms with Gasteiger partial charge >= 0.3 is 0 Å². The lowest BCUT2D eigenvalue weighted by molar-refractivity contribution is 0.0988. The molecule has 0 aliphatic heterocycles. The first-order valence-corrected chi connectivity index (χ1v) is 8.06. The van der Waals surface area contributed by atoms with Gasteiger partial charge in [0.05, 0.1) is 11.5 Å². The van der Waals surface area contributed by atoms with Crippen LogP contribution in [0.4, 0.5) is 0 Å². The number of ketones is 1. The molecular formula is C14H21NO4S. The van der Waals surface area contributed by atoms with Crippen LogP contribution in [0.15, 0.2) is 29.2 Å². The Hall–Kier alpha value is -1.24. The largest absolute Gasteiger partial charge is 0.395 e. The van der Waals surface area contributed by atoms with E-state index < -0.39 is 16.1 Å². The van der Waals surface area contributed by atoms with E-state index in [0.717, 1.165) is 0 Å². The molecule has 0 aliphatic carbocycles. The van der Waals surface area contributed by atoms with Crippen molar-refractivity contribution in [3.05, 3.63) is 29.8 Å². The van der Waals surface area contributed by atoms with E-state index in [1.165, 1.54) is 12.1 Å². The molecule has 1 aromatic carbocycles. The molecule has 0 saturated carbocycles. The van der Waals surface area contributed by atoms with Crippen molar-refractivity contribution in [3.63, 3.8) is 0 Å². The van der Waals surface area contributed by atoms with Crippen molar-refractivity contribution in [2.24, 2.45) is 5.92 Å². The number of carbonyl (C=O) groups excluding carboxylic acids is 1. The minimum atomic E-state index is -3.74. The van der Waals surface area contributed by atoms with Gasteiger partial charge in [0.15, 0.2) is 5.78 Å². The van der Waals surface area contributed by atoms with Crippen LogP contribution < -0.4 is 4.72 Å². The van der Waals surface area contributed by atoms with Crippen LogP contribution in [0.2, 0.25) is 0 Å². The van der Waals surface area contributed by atoms with E-state index in [9.17, 15) is 18.3 Å². The van der Waals surface area contributed by atoms with Crippen LogP contribution in [0.3, 0.4) is 0 Å². The molecule has 1 atom stereocenters. The summed E-state index contributed by atoms with van der Waals surface area (Å²) in [4.78, 5) is 11.7. The predicted octanol–water partition coefficient (Wildman–Crippen LogP) is 1.57. The third-order valence-corrected chi connectivity index (χ3v) is 4.58. The van der Waals surface area contributed by atoms with Crippen LogP contribution in [0.5, 0.6) is 0 Å². The van der Waals surface area contributed by atoms with Crippen molar-refractivity contribution in [2.75, 3.05) is 6.61 Å². The third kappa shape index (κ3) is 4.13. The Morgan fingerprint density at radius 3 is 2.50 bits per heavy atom. The van der Waals surface area contributed by atoms with Gasteiger partial charge in [0.2, 0.25) is 10.0 Å². The summed E-state index contributed by atoms with van der Waals surface area (Å²) >= 11 is 0. The Morgan fingerprint density at radius 2 is 2.00 bits per heavy atom. The first-order chi connectivity index (χ1) is 9.31. The van der Waals surface area contributed by atoms with Gasteiger partial charge in [0.25, 0.3) is 0 Å². The van der Waals surface area contributed by atoms with E-state index in [1.54, 1.807) is 19.1 Å². The number of hydrogen-bond donors (Lipinski definition) is 2. The van der Waals surface area contributed by atoms with Crippen molar-refractivity contribution in [2.45, 2.75) is 38.1 Å².